The fraction of sp³-hybridized carbons (Fsp3) is 0.538. The summed E-state index contributed by atoms with van der Waals surface area (Å²) in [7, 11) is 0. The quantitative estimate of drug-likeness (QED) is 0.636. The number of nitrogens with one attached hydrogen (secondary N) is 1. The van der Waals surface area contributed by atoms with E-state index in [2.05, 4.69) is 5.32 Å². The Morgan fingerprint density at radius 1 is 1.28 bits per heavy atom. The smallest absolute Gasteiger partial charge is 0.292 e. The molecule has 18 heavy (non-hydrogen) atoms. The van der Waals surface area contributed by atoms with Gasteiger partial charge in [-0.15, -0.1) is 0 Å². The Bertz CT molecular complexity index is 428. The van der Waals surface area contributed by atoms with Crippen LogP contribution in [0.1, 0.15) is 32.1 Å². The van der Waals surface area contributed by atoms with E-state index >= 15 is 0 Å². The van der Waals surface area contributed by atoms with Crippen LogP contribution in [0.15, 0.2) is 24.3 Å². The summed E-state index contributed by atoms with van der Waals surface area (Å²) >= 11 is 0. The van der Waals surface area contributed by atoms with Crippen molar-refractivity contribution in [2.75, 3.05) is 11.9 Å². The van der Waals surface area contributed by atoms with Crippen LogP contribution in [0.3, 0.4) is 0 Å². The molecular weight excluding hydrogens is 232 g/mol. The molecule has 0 saturated heterocycles. The molecule has 1 aromatic rings. The third-order valence-corrected chi connectivity index (χ3v) is 3.61. The summed E-state index contributed by atoms with van der Waals surface area (Å²) in [5.74, 6) is 0. The second kappa shape index (κ2) is 5.35. The van der Waals surface area contributed by atoms with Crippen LogP contribution in [0, 0.1) is 10.1 Å². The molecule has 0 amide bonds. The Morgan fingerprint density at radius 3 is 2.56 bits per heavy atom. The lowest BCUT2D eigenvalue weighted by Gasteiger charge is -2.37. The van der Waals surface area contributed by atoms with Crippen LogP contribution < -0.4 is 5.32 Å². The van der Waals surface area contributed by atoms with Gasteiger partial charge in [-0.2, -0.15) is 0 Å². The fourth-order valence-corrected chi connectivity index (χ4v) is 2.58. The van der Waals surface area contributed by atoms with E-state index in [1.54, 1.807) is 18.2 Å². The summed E-state index contributed by atoms with van der Waals surface area (Å²) in [6.07, 6.45) is 4.98. The summed E-state index contributed by atoms with van der Waals surface area (Å²) in [5.41, 5.74) is 0.166. The van der Waals surface area contributed by atoms with Crippen molar-refractivity contribution in [2.24, 2.45) is 0 Å². The number of rotatable bonds is 4. The van der Waals surface area contributed by atoms with Crippen molar-refractivity contribution >= 4 is 11.4 Å². The SMILES string of the molecule is O=[N+]([O-])c1ccccc1NC1(CO)CCCCC1. The minimum Gasteiger partial charge on any atom is -0.394 e. The zero-order valence-electron chi connectivity index (χ0n) is 10.3. The predicted octanol–water partition coefficient (Wildman–Crippen LogP) is 2.70. The van der Waals surface area contributed by atoms with Crippen LogP contribution in [0.25, 0.3) is 0 Å². The van der Waals surface area contributed by atoms with Crippen LogP contribution in [0.2, 0.25) is 0 Å². The van der Waals surface area contributed by atoms with Gasteiger partial charge in [-0.3, -0.25) is 10.1 Å². The van der Waals surface area contributed by atoms with Crippen molar-refractivity contribution in [2.45, 2.75) is 37.6 Å². The van der Waals surface area contributed by atoms with Gasteiger partial charge < -0.3 is 10.4 Å². The number of anilines is 1. The molecule has 2 rings (SSSR count). The number of nitro benzene ring substituents is 1. The van der Waals surface area contributed by atoms with Crippen LogP contribution in [-0.4, -0.2) is 22.2 Å². The molecule has 5 heteroatoms. The average Bonchev–Trinajstić information content (AvgIpc) is 2.40. The van der Waals surface area contributed by atoms with Crippen LogP contribution >= 0.6 is 0 Å². The first-order chi connectivity index (χ1) is 8.67. The van der Waals surface area contributed by atoms with Crippen molar-refractivity contribution in [3.8, 4) is 0 Å². The molecule has 1 saturated carbocycles. The molecule has 2 N–H and O–H groups in total. The van der Waals surface area contributed by atoms with E-state index < -0.39 is 10.5 Å². The summed E-state index contributed by atoms with van der Waals surface area (Å²) < 4.78 is 0. The molecular formula is C13H18N2O3. The first kappa shape index (κ1) is 12.8. The summed E-state index contributed by atoms with van der Waals surface area (Å²) in [6.45, 7) is 0.0129. The number of hydrogen-bond acceptors (Lipinski definition) is 4. The fourth-order valence-electron chi connectivity index (χ4n) is 2.58. The lowest BCUT2D eigenvalue weighted by molar-refractivity contribution is -0.384. The van der Waals surface area contributed by atoms with Crippen molar-refractivity contribution in [3.05, 3.63) is 34.4 Å². The Balaban J connectivity index is 2.24. The largest absolute Gasteiger partial charge is 0.394 e. The number of hydrogen-bond donors (Lipinski definition) is 2. The van der Waals surface area contributed by atoms with Gasteiger partial charge in [0.25, 0.3) is 5.69 Å². The normalized spacial score (nSPS) is 18.3. The van der Waals surface area contributed by atoms with Crippen molar-refractivity contribution < 1.29 is 10.0 Å². The maximum atomic E-state index is 11.0. The molecule has 0 aromatic heterocycles. The number of nitrogens with zero attached hydrogens (tertiary/aromatic N) is 1. The van der Waals surface area contributed by atoms with Crippen molar-refractivity contribution in [3.63, 3.8) is 0 Å². The Labute approximate surface area is 106 Å². The highest BCUT2D eigenvalue weighted by molar-refractivity contribution is 5.62. The average molecular weight is 250 g/mol. The highest BCUT2D eigenvalue weighted by Crippen LogP contribution is 2.34. The lowest BCUT2D eigenvalue weighted by atomic mass is 9.82. The van der Waals surface area contributed by atoms with E-state index in [1.165, 1.54) is 12.5 Å². The first-order valence-corrected chi connectivity index (χ1v) is 6.29. The van der Waals surface area contributed by atoms with Gasteiger partial charge in [0.15, 0.2) is 0 Å². The molecule has 0 heterocycles. The highest BCUT2D eigenvalue weighted by Gasteiger charge is 2.32. The monoisotopic (exact) mass is 250 g/mol. The standard InChI is InChI=1S/C13H18N2O3/c16-10-13(8-4-1-5-9-13)14-11-6-2-3-7-12(11)15(17)18/h2-3,6-7,14,16H,1,4-5,8-10H2. The van der Waals surface area contributed by atoms with Gasteiger partial charge in [0.2, 0.25) is 0 Å². The summed E-state index contributed by atoms with van der Waals surface area (Å²) in [4.78, 5) is 10.6. The van der Waals surface area contributed by atoms with Crippen LogP contribution in [0.5, 0.6) is 0 Å². The van der Waals surface area contributed by atoms with Crippen LogP contribution in [-0.2, 0) is 0 Å². The lowest BCUT2D eigenvalue weighted by Crippen LogP contribution is -2.43. The van der Waals surface area contributed by atoms with E-state index in [1.807, 2.05) is 0 Å². The molecule has 0 bridgehead atoms. The number of benzene rings is 1. The zero-order valence-corrected chi connectivity index (χ0v) is 10.3. The van der Waals surface area contributed by atoms with E-state index in [0.29, 0.717) is 5.69 Å². The second-order valence-electron chi connectivity index (χ2n) is 4.90. The van der Waals surface area contributed by atoms with E-state index in [0.717, 1.165) is 25.7 Å². The van der Waals surface area contributed by atoms with Gasteiger partial charge in [0, 0.05) is 6.07 Å². The minimum absolute atomic E-state index is 0.0129. The maximum absolute atomic E-state index is 11.0. The van der Waals surface area contributed by atoms with E-state index in [-0.39, 0.29) is 12.3 Å². The van der Waals surface area contributed by atoms with Gasteiger partial charge in [-0.25, -0.2) is 0 Å². The maximum Gasteiger partial charge on any atom is 0.292 e. The molecule has 1 fully saturated rings. The first-order valence-electron chi connectivity index (χ1n) is 6.29. The third-order valence-electron chi connectivity index (χ3n) is 3.61. The minimum atomic E-state index is -0.398. The van der Waals surface area contributed by atoms with Crippen LogP contribution in [0.4, 0.5) is 11.4 Å². The molecule has 0 aliphatic heterocycles. The number of para-hydroxylation sites is 2. The summed E-state index contributed by atoms with van der Waals surface area (Å²) in [6, 6.07) is 6.60. The molecule has 0 radical (unpaired) electrons. The van der Waals surface area contributed by atoms with Gasteiger partial charge >= 0.3 is 0 Å². The highest BCUT2D eigenvalue weighted by atomic mass is 16.6. The van der Waals surface area contributed by atoms with Gasteiger partial charge in [-0.05, 0) is 18.9 Å². The van der Waals surface area contributed by atoms with Crippen molar-refractivity contribution in [1.82, 2.24) is 0 Å². The van der Waals surface area contributed by atoms with Gasteiger partial charge in [0.05, 0.1) is 17.1 Å². The van der Waals surface area contributed by atoms with E-state index in [4.69, 9.17) is 0 Å². The molecule has 1 aliphatic rings. The summed E-state index contributed by atoms with van der Waals surface area (Å²) in [5, 5.41) is 23.8. The number of aliphatic hydroxyl groups excluding tert-OH is 1. The van der Waals surface area contributed by atoms with Gasteiger partial charge in [-0.1, -0.05) is 31.4 Å². The molecule has 0 unspecified atom stereocenters. The Kier molecular flexibility index (Phi) is 3.81. The number of aliphatic hydroxyl groups is 1. The topological polar surface area (TPSA) is 75.4 Å². The van der Waals surface area contributed by atoms with Gasteiger partial charge in [0.1, 0.15) is 5.69 Å². The Hall–Kier alpha value is -1.62. The molecule has 98 valence electrons. The molecule has 0 spiro atoms. The van der Waals surface area contributed by atoms with E-state index in [9.17, 15) is 15.2 Å². The third kappa shape index (κ3) is 2.61. The molecule has 1 aliphatic carbocycles. The number of nitro groups is 1. The molecule has 1 aromatic carbocycles. The Morgan fingerprint density at radius 2 is 1.94 bits per heavy atom. The molecule has 0 atom stereocenters. The second-order valence-corrected chi connectivity index (χ2v) is 4.90. The molecule has 5 nitrogen and oxygen atoms in total. The van der Waals surface area contributed by atoms with Crippen molar-refractivity contribution in [1.29, 1.82) is 0 Å². The zero-order chi connectivity index (χ0) is 13.0. The predicted molar refractivity (Wildman–Crippen MR) is 69.6 cm³/mol.